The van der Waals surface area contributed by atoms with E-state index >= 15 is 0 Å². The van der Waals surface area contributed by atoms with Crippen LogP contribution in [-0.4, -0.2) is 17.6 Å². The molecule has 3 N–H and O–H groups in total. The van der Waals surface area contributed by atoms with Crippen LogP contribution in [0.2, 0.25) is 0 Å². The first-order chi connectivity index (χ1) is 9.15. The van der Waals surface area contributed by atoms with Gasteiger partial charge in [0, 0.05) is 6.54 Å². The quantitative estimate of drug-likeness (QED) is 0.825. The molecule has 0 bridgehead atoms. The van der Waals surface area contributed by atoms with Crippen molar-refractivity contribution in [3.05, 3.63) is 12.1 Å². The highest BCUT2D eigenvalue weighted by atomic mass is 16.5. The van der Waals surface area contributed by atoms with Gasteiger partial charge in [-0.25, -0.2) is 0 Å². The number of ether oxygens (including phenoxy) is 1. The van der Waals surface area contributed by atoms with Gasteiger partial charge in [0.05, 0.1) is 11.8 Å². The highest BCUT2D eigenvalue weighted by Crippen LogP contribution is 2.27. The molecule has 1 aromatic rings. The van der Waals surface area contributed by atoms with E-state index in [1.165, 1.54) is 32.1 Å². The van der Waals surface area contributed by atoms with Gasteiger partial charge < -0.3 is 15.8 Å². The number of anilines is 2. The van der Waals surface area contributed by atoms with Crippen molar-refractivity contribution in [2.75, 3.05) is 17.6 Å². The molecule has 1 saturated carbocycles. The van der Waals surface area contributed by atoms with Gasteiger partial charge in [-0.3, -0.25) is 0 Å². The summed E-state index contributed by atoms with van der Waals surface area (Å²) in [5.41, 5.74) is 6.44. The Morgan fingerprint density at radius 3 is 2.79 bits per heavy atom. The molecule has 1 heterocycles. The Morgan fingerprint density at radius 2 is 2.11 bits per heavy atom. The van der Waals surface area contributed by atoms with E-state index in [0.29, 0.717) is 11.6 Å². The topological polar surface area (TPSA) is 60.2 Å². The molecule has 4 heteroatoms. The Kier molecular flexibility index (Phi) is 4.88. The summed E-state index contributed by atoms with van der Waals surface area (Å²) in [6.45, 7) is 4.92. The molecule has 106 valence electrons. The lowest BCUT2D eigenvalue weighted by Crippen LogP contribution is -2.11. The van der Waals surface area contributed by atoms with Crippen LogP contribution < -0.4 is 15.8 Å². The molecule has 0 saturated heterocycles. The molecule has 1 fully saturated rings. The van der Waals surface area contributed by atoms with Crippen molar-refractivity contribution in [2.24, 2.45) is 5.92 Å². The Labute approximate surface area is 115 Å². The highest BCUT2D eigenvalue weighted by molar-refractivity contribution is 5.53. The van der Waals surface area contributed by atoms with Crippen molar-refractivity contribution in [1.82, 2.24) is 4.98 Å². The van der Waals surface area contributed by atoms with E-state index in [2.05, 4.69) is 10.3 Å². The van der Waals surface area contributed by atoms with Crippen LogP contribution in [0.3, 0.4) is 0 Å². The van der Waals surface area contributed by atoms with E-state index in [0.717, 1.165) is 18.3 Å². The SMILES string of the molecule is CC(C)Oc1nc(NCCC2CCCC2)ccc1N. The third-order valence-electron chi connectivity index (χ3n) is 3.57. The zero-order valence-electron chi connectivity index (χ0n) is 12.0. The van der Waals surface area contributed by atoms with Crippen LogP contribution in [0.1, 0.15) is 46.0 Å². The van der Waals surface area contributed by atoms with Crippen LogP contribution in [0.15, 0.2) is 12.1 Å². The number of nitrogens with one attached hydrogen (secondary N) is 1. The summed E-state index contributed by atoms with van der Waals surface area (Å²) < 4.78 is 5.59. The van der Waals surface area contributed by atoms with Gasteiger partial charge in [-0.15, -0.1) is 0 Å². The zero-order valence-corrected chi connectivity index (χ0v) is 12.0. The second kappa shape index (κ2) is 6.64. The van der Waals surface area contributed by atoms with E-state index in [1.54, 1.807) is 0 Å². The molecular formula is C15H25N3O. The molecule has 1 aliphatic rings. The van der Waals surface area contributed by atoms with Gasteiger partial charge in [0.2, 0.25) is 5.88 Å². The Bertz CT molecular complexity index is 400. The van der Waals surface area contributed by atoms with Gasteiger partial charge in [-0.05, 0) is 38.3 Å². The summed E-state index contributed by atoms with van der Waals surface area (Å²) in [4.78, 5) is 4.42. The Balaban J connectivity index is 1.85. The average Bonchev–Trinajstić information content (AvgIpc) is 2.86. The Hall–Kier alpha value is -1.45. The van der Waals surface area contributed by atoms with Crippen LogP contribution >= 0.6 is 0 Å². The number of nitrogen functional groups attached to an aromatic ring is 1. The highest BCUT2D eigenvalue weighted by Gasteiger charge is 2.14. The van der Waals surface area contributed by atoms with Gasteiger partial charge in [0.15, 0.2) is 0 Å². The monoisotopic (exact) mass is 263 g/mol. The summed E-state index contributed by atoms with van der Waals surface area (Å²) in [5, 5.41) is 3.37. The number of rotatable bonds is 6. The van der Waals surface area contributed by atoms with E-state index in [-0.39, 0.29) is 6.10 Å². The standard InChI is InChI=1S/C15H25N3O/c1-11(2)19-15-13(16)7-8-14(18-15)17-10-9-12-5-3-4-6-12/h7-8,11-12H,3-6,9-10,16H2,1-2H3,(H,17,18). The molecule has 2 rings (SSSR count). The fraction of sp³-hybridized carbons (Fsp3) is 0.667. The molecule has 0 aromatic carbocycles. The lowest BCUT2D eigenvalue weighted by Gasteiger charge is -2.14. The molecule has 19 heavy (non-hydrogen) atoms. The van der Waals surface area contributed by atoms with Gasteiger partial charge in [0.25, 0.3) is 0 Å². The largest absolute Gasteiger partial charge is 0.473 e. The van der Waals surface area contributed by atoms with Crippen LogP contribution in [0.5, 0.6) is 5.88 Å². The second-order valence-electron chi connectivity index (χ2n) is 5.62. The minimum atomic E-state index is 0.0866. The lowest BCUT2D eigenvalue weighted by molar-refractivity contribution is 0.234. The number of nitrogens with two attached hydrogens (primary N) is 1. The molecule has 0 unspecified atom stereocenters. The minimum Gasteiger partial charge on any atom is -0.473 e. The third kappa shape index (κ3) is 4.30. The predicted molar refractivity (Wildman–Crippen MR) is 79.5 cm³/mol. The fourth-order valence-corrected chi connectivity index (χ4v) is 2.57. The van der Waals surface area contributed by atoms with E-state index < -0.39 is 0 Å². The van der Waals surface area contributed by atoms with Crippen LogP contribution in [0.25, 0.3) is 0 Å². The third-order valence-corrected chi connectivity index (χ3v) is 3.57. The molecule has 1 aromatic heterocycles. The van der Waals surface area contributed by atoms with Crippen molar-refractivity contribution in [3.8, 4) is 5.88 Å². The average molecular weight is 263 g/mol. The molecule has 1 aliphatic carbocycles. The Morgan fingerprint density at radius 1 is 1.37 bits per heavy atom. The fourth-order valence-electron chi connectivity index (χ4n) is 2.57. The molecule has 0 spiro atoms. The smallest absolute Gasteiger partial charge is 0.239 e. The molecule has 0 amide bonds. The maximum Gasteiger partial charge on any atom is 0.239 e. The van der Waals surface area contributed by atoms with Gasteiger partial charge >= 0.3 is 0 Å². The summed E-state index contributed by atoms with van der Waals surface area (Å²) >= 11 is 0. The number of pyridine rings is 1. The van der Waals surface area contributed by atoms with E-state index in [9.17, 15) is 0 Å². The first kappa shape index (κ1) is 14.0. The molecule has 0 aliphatic heterocycles. The second-order valence-corrected chi connectivity index (χ2v) is 5.62. The first-order valence-corrected chi connectivity index (χ1v) is 7.32. The number of hydrogen-bond donors (Lipinski definition) is 2. The maximum absolute atomic E-state index is 5.85. The summed E-state index contributed by atoms with van der Waals surface area (Å²) in [6, 6.07) is 3.76. The van der Waals surface area contributed by atoms with Crippen molar-refractivity contribution >= 4 is 11.5 Å². The van der Waals surface area contributed by atoms with Gasteiger partial charge in [0.1, 0.15) is 5.82 Å². The van der Waals surface area contributed by atoms with Crippen molar-refractivity contribution in [3.63, 3.8) is 0 Å². The number of nitrogens with zero attached hydrogens (tertiary/aromatic N) is 1. The van der Waals surface area contributed by atoms with E-state index in [1.807, 2.05) is 26.0 Å². The first-order valence-electron chi connectivity index (χ1n) is 7.32. The lowest BCUT2D eigenvalue weighted by atomic mass is 10.0. The number of hydrogen-bond acceptors (Lipinski definition) is 4. The summed E-state index contributed by atoms with van der Waals surface area (Å²) in [7, 11) is 0. The van der Waals surface area contributed by atoms with Crippen LogP contribution in [0, 0.1) is 5.92 Å². The zero-order chi connectivity index (χ0) is 13.7. The minimum absolute atomic E-state index is 0.0866. The summed E-state index contributed by atoms with van der Waals surface area (Å²) in [5.74, 6) is 2.27. The van der Waals surface area contributed by atoms with Crippen molar-refractivity contribution in [2.45, 2.75) is 52.1 Å². The predicted octanol–water partition coefficient (Wildman–Crippen LogP) is 3.44. The van der Waals surface area contributed by atoms with Crippen LogP contribution in [0.4, 0.5) is 11.5 Å². The normalized spacial score (nSPS) is 15.9. The van der Waals surface area contributed by atoms with Crippen molar-refractivity contribution < 1.29 is 4.74 Å². The van der Waals surface area contributed by atoms with Gasteiger partial charge in [-0.2, -0.15) is 4.98 Å². The maximum atomic E-state index is 5.85. The molecular weight excluding hydrogens is 238 g/mol. The van der Waals surface area contributed by atoms with Crippen LogP contribution in [-0.2, 0) is 0 Å². The van der Waals surface area contributed by atoms with Crippen molar-refractivity contribution in [1.29, 1.82) is 0 Å². The molecule has 0 atom stereocenters. The number of aromatic nitrogens is 1. The molecule has 0 radical (unpaired) electrons. The van der Waals surface area contributed by atoms with E-state index in [4.69, 9.17) is 10.5 Å². The molecule has 4 nitrogen and oxygen atoms in total. The van der Waals surface area contributed by atoms with Gasteiger partial charge in [-0.1, -0.05) is 25.7 Å². The summed E-state index contributed by atoms with van der Waals surface area (Å²) in [6.07, 6.45) is 6.89.